The highest BCUT2D eigenvalue weighted by Gasteiger charge is 2.05. The minimum absolute atomic E-state index is 0.301. The van der Waals surface area contributed by atoms with E-state index in [1.54, 1.807) is 6.92 Å². The van der Waals surface area contributed by atoms with Gasteiger partial charge in [-0.15, -0.1) is 0 Å². The summed E-state index contributed by atoms with van der Waals surface area (Å²) in [6.07, 6.45) is 3.80. The number of aromatic nitrogens is 1. The fourth-order valence-electron chi connectivity index (χ4n) is 1.82. The van der Waals surface area contributed by atoms with Crippen molar-refractivity contribution in [3.05, 3.63) is 47.1 Å². The van der Waals surface area contributed by atoms with Gasteiger partial charge in [0, 0.05) is 34.2 Å². The molecule has 1 aromatic heterocycles. The highest BCUT2D eigenvalue weighted by molar-refractivity contribution is 6.35. The van der Waals surface area contributed by atoms with Gasteiger partial charge in [-0.25, -0.2) is 4.79 Å². The standard InChI is InChI=1S/C14H14ClNO2/c1-10(14(17)18-2)6-8-16-9-7-11-12(15)4-3-5-13(11)16/h3-7,9H,8H2,1-2H3. The normalized spacial score (nSPS) is 11.8. The van der Waals surface area contributed by atoms with Gasteiger partial charge in [-0.05, 0) is 25.1 Å². The van der Waals surface area contributed by atoms with Crippen LogP contribution in [0.4, 0.5) is 0 Å². The smallest absolute Gasteiger partial charge is 0.333 e. The number of carbonyl (C=O) groups is 1. The first kappa shape index (κ1) is 12.7. The molecule has 0 amide bonds. The fourth-order valence-corrected chi connectivity index (χ4v) is 2.06. The molecule has 1 heterocycles. The van der Waals surface area contributed by atoms with Gasteiger partial charge >= 0.3 is 5.97 Å². The van der Waals surface area contributed by atoms with E-state index >= 15 is 0 Å². The lowest BCUT2D eigenvalue weighted by atomic mass is 10.2. The Labute approximate surface area is 111 Å². The van der Waals surface area contributed by atoms with Crippen LogP contribution in [0.15, 0.2) is 42.1 Å². The van der Waals surface area contributed by atoms with Crippen LogP contribution in [-0.2, 0) is 16.1 Å². The zero-order valence-corrected chi connectivity index (χ0v) is 11.1. The van der Waals surface area contributed by atoms with Crippen LogP contribution in [0.25, 0.3) is 10.9 Å². The number of halogens is 1. The molecular formula is C14H14ClNO2. The van der Waals surface area contributed by atoms with Crippen molar-refractivity contribution in [2.75, 3.05) is 7.11 Å². The lowest BCUT2D eigenvalue weighted by Crippen LogP contribution is -2.03. The van der Waals surface area contributed by atoms with Crippen LogP contribution in [0.1, 0.15) is 6.92 Å². The van der Waals surface area contributed by atoms with Crippen LogP contribution >= 0.6 is 11.6 Å². The molecule has 0 atom stereocenters. The molecular weight excluding hydrogens is 250 g/mol. The Morgan fingerprint density at radius 2 is 2.22 bits per heavy atom. The summed E-state index contributed by atoms with van der Waals surface area (Å²) < 4.78 is 6.69. The molecule has 1 aromatic carbocycles. The third kappa shape index (κ3) is 2.41. The van der Waals surface area contributed by atoms with Crippen molar-refractivity contribution in [3.8, 4) is 0 Å². The molecule has 94 valence electrons. The predicted octanol–water partition coefficient (Wildman–Crippen LogP) is 3.41. The maximum atomic E-state index is 11.3. The van der Waals surface area contributed by atoms with Crippen molar-refractivity contribution in [1.29, 1.82) is 0 Å². The second-order valence-corrected chi connectivity index (χ2v) is 4.43. The molecule has 4 heteroatoms. The summed E-state index contributed by atoms with van der Waals surface area (Å²) in [7, 11) is 1.38. The van der Waals surface area contributed by atoms with E-state index in [0.717, 1.165) is 15.9 Å². The molecule has 2 rings (SSSR count). The van der Waals surface area contributed by atoms with Crippen LogP contribution in [-0.4, -0.2) is 17.6 Å². The fraction of sp³-hybridized carbons (Fsp3) is 0.214. The molecule has 2 aromatic rings. The Kier molecular flexibility index (Phi) is 3.72. The summed E-state index contributed by atoms with van der Waals surface area (Å²) in [6, 6.07) is 7.75. The quantitative estimate of drug-likeness (QED) is 0.628. The maximum absolute atomic E-state index is 11.3. The molecule has 0 bridgehead atoms. The Morgan fingerprint density at radius 1 is 1.44 bits per heavy atom. The minimum atomic E-state index is -0.301. The van der Waals surface area contributed by atoms with E-state index in [1.807, 2.05) is 41.1 Å². The Bertz CT molecular complexity index is 613. The van der Waals surface area contributed by atoms with Crippen molar-refractivity contribution in [2.24, 2.45) is 0 Å². The largest absolute Gasteiger partial charge is 0.466 e. The van der Waals surface area contributed by atoms with Gasteiger partial charge in [0.15, 0.2) is 0 Å². The predicted molar refractivity (Wildman–Crippen MR) is 72.7 cm³/mol. The monoisotopic (exact) mass is 263 g/mol. The third-order valence-corrected chi connectivity index (χ3v) is 3.19. The van der Waals surface area contributed by atoms with Crippen LogP contribution in [0.3, 0.4) is 0 Å². The molecule has 0 aliphatic heterocycles. The summed E-state index contributed by atoms with van der Waals surface area (Å²) >= 11 is 6.10. The molecule has 3 nitrogen and oxygen atoms in total. The summed E-state index contributed by atoms with van der Waals surface area (Å²) in [4.78, 5) is 11.3. The van der Waals surface area contributed by atoms with Gasteiger partial charge in [0.25, 0.3) is 0 Å². The van der Waals surface area contributed by atoms with E-state index in [1.165, 1.54) is 7.11 Å². The Balaban J connectivity index is 2.28. The van der Waals surface area contributed by atoms with Gasteiger partial charge in [-0.3, -0.25) is 0 Å². The van der Waals surface area contributed by atoms with Gasteiger partial charge in [0.2, 0.25) is 0 Å². The summed E-state index contributed by atoms with van der Waals surface area (Å²) in [5, 5.41) is 1.75. The molecule has 0 spiro atoms. The van der Waals surface area contributed by atoms with Gasteiger partial charge in [0.1, 0.15) is 0 Å². The van der Waals surface area contributed by atoms with Gasteiger partial charge in [-0.2, -0.15) is 0 Å². The van der Waals surface area contributed by atoms with Crippen molar-refractivity contribution in [2.45, 2.75) is 13.5 Å². The third-order valence-electron chi connectivity index (χ3n) is 2.86. The number of esters is 1. The number of benzene rings is 1. The van der Waals surface area contributed by atoms with Crippen molar-refractivity contribution >= 4 is 28.5 Å². The molecule has 0 unspecified atom stereocenters. The molecule has 0 saturated carbocycles. The number of hydrogen-bond acceptors (Lipinski definition) is 2. The maximum Gasteiger partial charge on any atom is 0.333 e. The average molecular weight is 264 g/mol. The number of methoxy groups -OCH3 is 1. The van der Waals surface area contributed by atoms with E-state index in [2.05, 4.69) is 4.74 Å². The topological polar surface area (TPSA) is 31.2 Å². The molecule has 0 radical (unpaired) electrons. The molecule has 0 saturated heterocycles. The van der Waals surface area contributed by atoms with Crippen molar-refractivity contribution < 1.29 is 9.53 Å². The summed E-state index contributed by atoms with van der Waals surface area (Å²) in [5.41, 5.74) is 1.65. The second-order valence-electron chi connectivity index (χ2n) is 4.02. The van der Waals surface area contributed by atoms with Crippen LogP contribution in [0.2, 0.25) is 5.02 Å². The van der Waals surface area contributed by atoms with Crippen molar-refractivity contribution in [3.63, 3.8) is 0 Å². The molecule has 0 N–H and O–H groups in total. The van der Waals surface area contributed by atoms with E-state index in [0.29, 0.717) is 12.1 Å². The molecule has 0 aliphatic carbocycles. The Hall–Kier alpha value is -1.74. The minimum Gasteiger partial charge on any atom is -0.466 e. The van der Waals surface area contributed by atoms with E-state index < -0.39 is 0 Å². The number of carbonyl (C=O) groups excluding carboxylic acids is 1. The first-order valence-corrected chi connectivity index (χ1v) is 5.99. The summed E-state index contributed by atoms with van der Waals surface area (Å²) in [6.45, 7) is 2.36. The summed E-state index contributed by atoms with van der Waals surface area (Å²) in [5.74, 6) is -0.301. The second kappa shape index (κ2) is 5.27. The van der Waals surface area contributed by atoms with Gasteiger partial charge < -0.3 is 9.30 Å². The zero-order chi connectivity index (χ0) is 13.1. The van der Waals surface area contributed by atoms with Gasteiger partial charge in [-0.1, -0.05) is 23.7 Å². The highest BCUT2D eigenvalue weighted by Crippen LogP contribution is 2.24. The highest BCUT2D eigenvalue weighted by atomic mass is 35.5. The van der Waals surface area contributed by atoms with Crippen molar-refractivity contribution in [1.82, 2.24) is 4.57 Å². The number of allylic oxidation sites excluding steroid dienone is 1. The van der Waals surface area contributed by atoms with Gasteiger partial charge in [0.05, 0.1) is 7.11 Å². The van der Waals surface area contributed by atoms with E-state index in [4.69, 9.17) is 11.6 Å². The van der Waals surface area contributed by atoms with E-state index in [9.17, 15) is 4.79 Å². The SMILES string of the molecule is COC(=O)C(C)=CCn1ccc2c(Cl)cccc21. The number of ether oxygens (including phenoxy) is 1. The van der Waals surface area contributed by atoms with Crippen LogP contribution in [0.5, 0.6) is 0 Å². The lowest BCUT2D eigenvalue weighted by molar-refractivity contribution is -0.136. The van der Waals surface area contributed by atoms with E-state index in [-0.39, 0.29) is 5.97 Å². The number of fused-ring (bicyclic) bond motifs is 1. The Morgan fingerprint density at radius 3 is 2.94 bits per heavy atom. The van der Waals surface area contributed by atoms with Crippen LogP contribution < -0.4 is 0 Å². The lowest BCUT2D eigenvalue weighted by Gasteiger charge is -2.03. The molecule has 0 fully saturated rings. The number of rotatable bonds is 3. The molecule has 0 aliphatic rings. The van der Waals surface area contributed by atoms with Crippen LogP contribution in [0, 0.1) is 0 Å². The zero-order valence-electron chi connectivity index (χ0n) is 10.3. The molecule has 18 heavy (non-hydrogen) atoms. The first-order chi connectivity index (χ1) is 8.63. The number of hydrogen-bond donors (Lipinski definition) is 0. The average Bonchev–Trinajstić information content (AvgIpc) is 2.79. The number of nitrogens with zero attached hydrogens (tertiary/aromatic N) is 1. The first-order valence-electron chi connectivity index (χ1n) is 5.62.